The predicted molar refractivity (Wildman–Crippen MR) is 67.9 cm³/mol. The first-order valence-electron chi connectivity index (χ1n) is 5.89. The minimum absolute atomic E-state index is 0.575. The van der Waals surface area contributed by atoms with Crippen LogP contribution in [-0.2, 0) is 17.7 Å². The molecule has 1 heterocycles. The Morgan fingerprint density at radius 2 is 2.06 bits per heavy atom. The Balaban J connectivity index is 2.08. The highest BCUT2D eigenvalue weighted by atomic mass is 16.5. The number of ether oxygens (including phenoxy) is 1. The van der Waals surface area contributed by atoms with Crippen molar-refractivity contribution in [3.05, 3.63) is 29.8 Å². The van der Waals surface area contributed by atoms with Crippen molar-refractivity contribution < 1.29 is 4.74 Å². The standard InChI is InChI=1S/C12H17N5O/c1-18-9-8-17-15-12(14-16-17)11-4-2-10(3-5-11)6-7-13/h2-5H,6-9,13H2,1H3. The van der Waals surface area contributed by atoms with Crippen LogP contribution in [0.25, 0.3) is 11.4 Å². The van der Waals surface area contributed by atoms with Gasteiger partial charge < -0.3 is 10.5 Å². The van der Waals surface area contributed by atoms with E-state index in [1.807, 2.05) is 24.3 Å². The molecular formula is C12H17N5O. The van der Waals surface area contributed by atoms with E-state index in [0.29, 0.717) is 25.5 Å². The molecule has 18 heavy (non-hydrogen) atoms. The summed E-state index contributed by atoms with van der Waals surface area (Å²) in [6, 6.07) is 8.06. The number of nitrogens with two attached hydrogens (primary N) is 1. The maximum atomic E-state index is 5.51. The quantitative estimate of drug-likeness (QED) is 0.803. The van der Waals surface area contributed by atoms with Gasteiger partial charge in [0.25, 0.3) is 0 Å². The lowest BCUT2D eigenvalue weighted by Crippen LogP contribution is -2.07. The summed E-state index contributed by atoms with van der Waals surface area (Å²) < 4.78 is 4.96. The second kappa shape index (κ2) is 6.23. The first-order chi connectivity index (χ1) is 8.83. The number of nitrogens with zero attached hydrogens (tertiary/aromatic N) is 4. The van der Waals surface area contributed by atoms with E-state index < -0.39 is 0 Å². The van der Waals surface area contributed by atoms with Crippen molar-refractivity contribution in [3.63, 3.8) is 0 Å². The van der Waals surface area contributed by atoms with Crippen molar-refractivity contribution in [1.29, 1.82) is 0 Å². The van der Waals surface area contributed by atoms with Gasteiger partial charge in [0, 0.05) is 12.7 Å². The van der Waals surface area contributed by atoms with Crippen molar-refractivity contribution in [2.75, 3.05) is 20.3 Å². The molecule has 1 aromatic carbocycles. The summed E-state index contributed by atoms with van der Waals surface area (Å²) in [5.41, 5.74) is 7.68. The number of hydrogen-bond donors (Lipinski definition) is 1. The smallest absolute Gasteiger partial charge is 0.204 e. The van der Waals surface area contributed by atoms with Crippen molar-refractivity contribution in [1.82, 2.24) is 20.2 Å². The second-order valence-corrected chi connectivity index (χ2v) is 3.94. The van der Waals surface area contributed by atoms with Crippen LogP contribution in [0.1, 0.15) is 5.56 Å². The molecule has 2 N–H and O–H groups in total. The van der Waals surface area contributed by atoms with E-state index >= 15 is 0 Å². The summed E-state index contributed by atoms with van der Waals surface area (Å²) in [6.45, 7) is 1.84. The molecule has 0 aliphatic heterocycles. The predicted octanol–water partition coefficient (Wildman–Crippen LogP) is 0.488. The molecular weight excluding hydrogens is 230 g/mol. The molecule has 0 aliphatic rings. The highest BCUT2D eigenvalue weighted by Gasteiger charge is 2.05. The Kier molecular flexibility index (Phi) is 4.38. The van der Waals surface area contributed by atoms with Gasteiger partial charge in [-0.25, -0.2) is 0 Å². The van der Waals surface area contributed by atoms with Gasteiger partial charge in [-0.05, 0) is 23.7 Å². The first-order valence-corrected chi connectivity index (χ1v) is 5.89. The van der Waals surface area contributed by atoms with Gasteiger partial charge >= 0.3 is 0 Å². The van der Waals surface area contributed by atoms with Crippen LogP contribution < -0.4 is 5.73 Å². The molecule has 6 heteroatoms. The normalized spacial score (nSPS) is 10.8. The fourth-order valence-corrected chi connectivity index (χ4v) is 1.61. The molecule has 0 bridgehead atoms. The summed E-state index contributed by atoms with van der Waals surface area (Å²) in [6.07, 6.45) is 0.883. The van der Waals surface area contributed by atoms with Crippen LogP contribution in [-0.4, -0.2) is 40.5 Å². The third kappa shape index (κ3) is 3.12. The molecule has 0 spiro atoms. The lowest BCUT2D eigenvalue weighted by atomic mass is 10.1. The third-order valence-electron chi connectivity index (χ3n) is 2.59. The molecule has 0 atom stereocenters. The van der Waals surface area contributed by atoms with Crippen molar-refractivity contribution in [2.45, 2.75) is 13.0 Å². The molecule has 96 valence electrons. The van der Waals surface area contributed by atoms with E-state index in [-0.39, 0.29) is 0 Å². The molecule has 0 saturated heterocycles. The molecule has 0 aliphatic carbocycles. The number of tetrazole rings is 1. The van der Waals surface area contributed by atoms with Crippen LogP contribution in [0, 0.1) is 0 Å². The second-order valence-electron chi connectivity index (χ2n) is 3.94. The first kappa shape index (κ1) is 12.7. The summed E-state index contributed by atoms with van der Waals surface area (Å²) in [7, 11) is 1.65. The SMILES string of the molecule is COCCn1nnc(-c2ccc(CCN)cc2)n1. The van der Waals surface area contributed by atoms with Crippen molar-refractivity contribution >= 4 is 0 Å². The molecule has 2 aromatic rings. The molecule has 2 rings (SSSR count). The molecule has 0 saturated carbocycles. The van der Waals surface area contributed by atoms with Gasteiger partial charge in [-0.3, -0.25) is 0 Å². The van der Waals surface area contributed by atoms with Gasteiger partial charge in [0.2, 0.25) is 5.82 Å². The van der Waals surface area contributed by atoms with Crippen LogP contribution in [0.4, 0.5) is 0 Å². The fraction of sp³-hybridized carbons (Fsp3) is 0.417. The average Bonchev–Trinajstić information content (AvgIpc) is 2.86. The number of aromatic nitrogens is 4. The number of hydrogen-bond acceptors (Lipinski definition) is 5. The molecule has 0 radical (unpaired) electrons. The summed E-state index contributed by atoms with van der Waals surface area (Å²) in [5, 5.41) is 12.3. The largest absolute Gasteiger partial charge is 0.383 e. The number of rotatable bonds is 6. The van der Waals surface area contributed by atoms with Gasteiger partial charge in [0.15, 0.2) is 0 Å². The van der Waals surface area contributed by atoms with Crippen LogP contribution in [0.15, 0.2) is 24.3 Å². The van der Waals surface area contributed by atoms with E-state index in [4.69, 9.17) is 10.5 Å². The molecule has 6 nitrogen and oxygen atoms in total. The highest BCUT2D eigenvalue weighted by Crippen LogP contribution is 2.14. The maximum Gasteiger partial charge on any atom is 0.204 e. The molecule has 0 fully saturated rings. The zero-order chi connectivity index (χ0) is 12.8. The van der Waals surface area contributed by atoms with Crippen LogP contribution in [0.2, 0.25) is 0 Å². The topological polar surface area (TPSA) is 78.8 Å². The Labute approximate surface area is 106 Å². The maximum absolute atomic E-state index is 5.51. The zero-order valence-corrected chi connectivity index (χ0v) is 10.4. The summed E-state index contributed by atoms with van der Waals surface area (Å²) in [4.78, 5) is 1.53. The van der Waals surface area contributed by atoms with E-state index in [1.165, 1.54) is 10.4 Å². The van der Waals surface area contributed by atoms with Gasteiger partial charge in [0.05, 0.1) is 13.2 Å². The van der Waals surface area contributed by atoms with E-state index in [9.17, 15) is 0 Å². The van der Waals surface area contributed by atoms with E-state index in [2.05, 4.69) is 15.4 Å². The van der Waals surface area contributed by atoms with Crippen LogP contribution in [0.3, 0.4) is 0 Å². The van der Waals surface area contributed by atoms with E-state index in [0.717, 1.165) is 12.0 Å². The average molecular weight is 247 g/mol. The van der Waals surface area contributed by atoms with Crippen molar-refractivity contribution in [3.8, 4) is 11.4 Å². The van der Waals surface area contributed by atoms with Gasteiger partial charge in [0.1, 0.15) is 0 Å². The molecule has 0 amide bonds. The molecule has 1 aromatic heterocycles. The van der Waals surface area contributed by atoms with Crippen LogP contribution >= 0.6 is 0 Å². The minimum atomic E-state index is 0.575. The summed E-state index contributed by atoms with van der Waals surface area (Å²) in [5.74, 6) is 0.630. The number of methoxy groups -OCH3 is 1. The molecule has 0 unspecified atom stereocenters. The lowest BCUT2D eigenvalue weighted by molar-refractivity contribution is 0.178. The monoisotopic (exact) mass is 247 g/mol. The Hall–Kier alpha value is -1.79. The van der Waals surface area contributed by atoms with Gasteiger partial charge in [-0.2, -0.15) is 4.80 Å². The van der Waals surface area contributed by atoms with Gasteiger partial charge in [-0.15, -0.1) is 10.2 Å². The van der Waals surface area contributed by atoms with Gasteiger partial charge in [-0.1, -0.05) is 24.3 Å². The zero-order valence-electron chi connectivity index (χ0n) is 10.4. The Morgan fingerprint density at radius 3 is 2.72 bits per heavy atom. The summed E-state index contributed by atoms with van der Waals surface area (Å²) >= 11 is 0. The number of benzene rings is 1. The Bertz CT molecular complexity index is 479. The lowest BCUT2D eigenvalue weighted by Gasteiger charge is -1.99. The Morgan fingerprint density at radius 1 is 1.28 bits per heavy atom. The van der Waals surface area contributed by atoms with Crippen molar-refractivity contribution in [2.24, 2.45) is 5.73 Å². The fourth-order valence-electron chi connectivity index (χ4n) is 1.61. The highest BCUT2D eigenvalue weighted by molar-refractivity contribution is 5.54. The van der Waals surface area contributed by atoms with E-state index in [1.54, 1.807) is 7.11 Å². The van der Waals surface area contributed by atoms with Crippen LogP contribution in [0.5, 0.6) is 0 Å². The minimum Gasteiger partial charge on any atom is -0.383 e. The third-order valence-corrected chi connectivity index (χ3v) is 2.59.